The number of nitrogens with zero attached hydrogens (tertiary/aromatic N) is 14. The van der Waals surface area contributed by atoms with Gasteiger partial charge in [-0.05, 0) is 130 Å². The summed E-state index contributed by atoms with van der Waals surface area (Å²) < 4.78 is 14.9. The quantitative estimate of drug-likeness (QED) is 0.133. The molecule has 3 aromatic carbocycles. The van der Waals surface area contributed by atoms with Gasteiger partial charge in [0, 0.05) is 53.4 Å². The first-order chi connectivity index (χ1) is 35.3. The molecule has 11 aromatic rings. The lowest BCUT2D eigenvalue weighted by Gasteiger charge is -2.32. The molecule has 1 saturated carbocycles. The van der Waals surface area contributed by atoms with E-state index in [1.807, 2.05) is 83.4 Å². The van der Waals surface area contributed by atoms with E-state index < -0.39 is 0 Å². The Labute approximate surface area is 415 Å². The van der Waals surface area contributed by atoms with E-state index in [0.717, 1.165) is 84.0 Å². The van der Waals surface area contributed by atoms with Crippen molar-refractivity contribution in [2.24, 2.45) is 7.05 Å². The van der Waals surface area contributed by atoms with Crippen LogP contribution in [-0.4, -0.2) is 88.4 Å². The standard InChI is InChI=1S/C53H51N17O3/c1-27-7-5-8-29-19-36(69(34-9-6-10-34)51(71)40(27)29)25-68-50-43(44(63-68)30-11-12-39-38(21-30)60-53(56)73-39)47(55)61-48(62-50)32-17-28(2)41-31(18-32)20-37(70(52(41)72)35-13-15-65(3)16-14-35)24-67-49-42(46(54)57-26-58-49)45(64-67)33-22-59-66(4)23-33/h5,7-8,11-12,17-23,26,34-35H,6,9-10,13-16,24-25H2,1-4H3,(H2,56,60)(H2,54,57,58)(H2,55,61,62). The third-order valence-electron chi connectivity index (χ3n) is 15.0. The average molecular weight is 974 g/mol. The second kappa shape index (κ2) is 16.7. The molecule has 13 rings (SSSR count). The van der Waals surface area contributed by atoms with E-state index in [4.69, 9.17) is 41.8 Å². The molecule has 2 fully saturated rings. The molecule has 2 aliphatic rings. The van der Waals surface area contributed by atoms with Crippen molar-refractivity contribution in [2.45, 2.75) is 71.1 Å². The van der Waals surface area contributed by atoms with Gasteiger partial charge in [0.05, 0.1) is 40.8 Å². The minimum atomic E-state index is -0.0864. The topological polar surface area (TPSA) is 256 Å². The molecule has 6 N–H and O–H groups in total. The number of nitrogens with two attached hydrogens (primary N) is 3. The molecule has 366 valence electrons. The molecule has 1 aliphatic heterocycles. The Morgan fingerprint density at radius 2 is 1.34 bits per heavy atom. The number of anilines is 3. The number of oxazole rings is 1. The summed E-state index contributed by atoms with van der Waals surface area (Å²) in [7, 11) is 3.95. The van der Waals surface area contributed by atoms with Gasteiger partial charge in [-0.1, -0.05) is 18.2 Å². The lowest BCUT2D eigenvalue weighted by atomic mass is 9.91. The maximum atomic E-state index is 15.2. The number of likely N-dealkylation sites (tertiary alicyclic amines) is 1. The summed E-state index contributed by atoms with van der Waals surface area (Å²) >= 11 is 0. The van der Waals surface area contributed by atoms with Gasteiger partial charge in [0.2, 0.25) is 0 Å². The van der Waals surface area contributed by atoms with Crippen LogP contribution in [0.4, 0.5) is 17.7 Å². The normalized spacial score (nSPS) is 15.0. The Hall–Kier alpha value is -8.78. The van der Waals surface area contributed by atoms with Gasteiger partial charge in [-0.25, -0.2) is 29.3 Å². The number of aromatic nitrogens is 13. The van der Waals surface area contributed by atoms with Gasteiger partial charge in [-0.15, -0.1) is 0 Å². The Kier molecular flexibility index (Phi) is 10.1. The number of hydrogen-bond donors (Lipinski definition) is 3. The molecule has 0 unspecified atom stereocenters. The third-order valence-corrected chi connectivity index (χ3v) is 15.0. The second-order valence-corrected chi connectivity index (χ2v) is 19.8. The molecule has 9 heterocycles. The highest BCUT2D eigenvalue weighted by atomic mass is 16.4. The van der Waals surface area contributed by atoms with Crippen molar-refractivity contribution in [3.8, 4) is 33.9 Å². The van der Waals surface area contributed by atoms with Gasteiger partial charge in [0.1, 0.15) is 34.9 Å². The predicted octanol–water partition coefficient (Wildman–Crippen LogP) is 6.92. The van der Waals surface area contributed by atoms with Crippen LogP contribution in [0.2, 0.25) is 0 Å². The Bertz CT molecular complexity index is 4200. The van der Waals surface area contributed by atoms with Gasteiger partial charge in [-0.3, -0.25) is 14.3 Å². The molecule has 20 heteroatoms. The van der Waals surface area contributed by atoms with Crippen LogP contribution in [-0.2, 0) is 20.1 Å². The number of fused-ring (bicyclic) bond motifs is 5. The van der Waals surface area contributed by atoms with Crippen LogP contribution >= 0.6 is 0 Å². The van der Waals surface area contributed by atoms with E-state index in [1.54, 1.807) is 21.6 Å². The van der Waals surface area contributed by atoms with Crippen LogP contribution in [0.25, 0.3) is 88.6 Å². The predicted molar refractivity (Wildman–Crippen MR) is 281 cm³/mol. The molecule has 0 spiro atoms. The van der Waals surface area contributed by atoms with E-state index in [0.29, 0.717) is 78.1 Å². The first-order valence-electron chi connectivity index (χ1n) is 24.5. The summed E-state index contributed by atoms with van der Waals surface area (Å²) in [5.41, 5.74) is 28.1. The fourth-order valence-electron chi connectivity index (χ4n) is 11.2. The molecular weight excluding hydrogens is 923 g/mol. The van der Waals surface area contributed by atoms with Crippen LogP contribution in [0.1, 0.15) is 66.7 Å². The zero-order valence-corrected chi connectivity index (χ0v) is 40.7. The first kappa shape index (κ1) is 44.2. The average Bonchev–Trinajstić information content (AvgIpc) is 4.14. The molecule has 0 bridgehead atoms. The number of hydrogen-bond acceptors (Lipinski definition) is 15. The summed E-state index contributed by atoms with van der Waals surface area (Å²) in [6, 6.07) is 19.6. The fraction of sp³-hybridized carbons (Fsp3) is 0.283. The molecule has 73 heavy (non-hydrogen) atoms. The summed E-state index contributed by atoms with van der Waals surface area (Å²) in [5.74, 6) is 0.854. The lowest BCUT2D eigenvalue weighted by molar-refractivity contribution is 0.216. The van der Waals surface area contributed by atoms with Gasteiger partial charge in [-0.2, -0.15) is 20.3 Å². The van der Waals surface area contributed by atoms with Crippen LogP contribution in [0.15, 0.2) is 93.4 Å². The second-order valence-electron chi connectivity index (χ2n) is 19.8. The van der Waals surface area contributed by atoms with Crippen molar-refractivity contribution in [2.75, 3.05) is 37.3 Å². The molecule has 0 radical (unpaired) electrons. The lowest BCUT2D eigenvalue weighted by Crippen LogP contribution is -2.37. The van der Waals surface area contributed by atoms with Gasteiger partial charge in [0.25, 0.3) is 17.1 Å². The smallest absolute Gasteiger partial charge is 0.292 e. The van der Waals surface area contributed by atoms with Gasteiger partial charge >= 0.3 is 0 Å². The highest BCUT2D eigenvalue weighted by Crippen LogP contribution is 2.38. The Morgan fingerprint density at radius 1 is 0.658 bits per heavy atom. The summed E-state index contributed by atoms with van der Waals surface area (Å²) in [6.07, 6.45) is 9.53. The van der Waals surface area contributed by atoms with Gasteiger partial charge < -0.3 is 35.7 Å². The zero-order valence-electron chi connectivity index (χ0n) is 40.7. The molecule has 8 aromatic heterocycles. The van der Waals surface area contributed by atoms with Crippen LogP contribution in [0.3, 0.4) is 0 Å². The van der Waals surface area contributed by atoms with E-state index in [1.165, 1.54) is 6.33 Å². The highest BCUT2D eigenvalue weighted by Gasteiger charge is 2.29. The summed E-state index contributed by atoms with van der Waals surface area (Å²) in [4.78, 5) is 55.6. The van der Waals surface area contributed by atoms with E-state index in [2.05, 4.69) is 44.1 Å². The van der Waals surface area contributed by atoms with Crippen molar-refractivity contribution in [1.29, 1.82) is 0 Å². The molecule has 0 atom stereocenters. The van der Waals surface area contributed by atoms with Crippen molar-refractivity contribution < 1.29 is 4.42 Å². The Morgan fingerprint density at radius 3 is 2.05 bits per heavy atom. The minimum Gasteiger partial charge on any atom is -0.424 e. The molecule has 1 aliphatic carbocycles. The number of rotatable bonds is 9. The van der Waals surface area contributed by atoms with Crippen molar-refractivity contribution >= 4 is 72.4 Å². The van der Waals surface area contributed by atoms with Crippen LogP contribution in [0.5, 0.6) is 0 Å². The maximum absolute atomic E-state index is 15.2. The SMILES string of the molecule is Cc1cc(-c2nc(N)c3c(-c4ccc5oc(N)nc5c4)nn(Cc4cc5cccc(C)c5c(=O)n4C4CCC4)c3n2)cc2cc(Cn3nc(-c4cnn(C)c4)c4c(N)ncnc43)n(C3CCN(C)CC3)c(=O)c12. The maximum Gasteiger partial charge on any atom is 0.292 e. The third kappa shape index (κ3) is 7.21. The molecule has 0 amide bonds. The minimum absolute atomic E-state index is 0.0103. The molecular formula is C53H51N17O3. The van der Waals surface area contributed by atoms with Crippen molar-refractivity contribution in [3.63, 3.8) is 0 Å². The Balaban J connectivity index is 0.989. The molecule has 20 nitrogen and oxygen atoms in total. The summed E-state index contributed by atoms with van der Waals surface area (Å²) in [5, 5.41) is 18.7. The number of pyridine rings is 2. The first-order valence-corrected chi connectivity index (χ1v) is 24.5. The number of benzene rings is 3. The van der Waals surface area contributed by atoms with E-state index >= 15 is 4.79 Å². The highest BCUT2D eigenvalue weighted by molar-refractivity contribution is 6.01. The van der Waals surface area contributed by atoms with Gasteiger partial charge in [0.15, 0.2) is 22.7 Å². The van der Waals surface area contributed by atoms with E-state index in [-0.39, 0.29) is 48.1 Å². The largest absolute Gasteiger partial charge is 0.424 e. The van der Waals surface area contributed by atoms with E-state index in [9.17, 15) is 4.79 Å². The molecule has 1 saturated heterocycles. The van der Waals surface area contributed by atoms with Crippen molar-refractivity contribution in [3.05, 3.63) is 123 Å². The fourth-order valence-corrected chi connectivity index (χ4v) is 11.2. The van der Waals surface area contributed by atoms with Crippen LogP contribution < -0.4 is 28.3 Å². The number of nitrogen functional groups attached to an aromatic ring is 3. The van der Waals surface area contributed by atoms with Crippen LogP contribution in [0, 0.1) is 13.8 Å². The van der Waals surface area contributed by atoms with Crippen molar-refractivity contribution in [1.82, 2.24) is 68.3 Å². The number of piperidine rings is 1. The monoisotopic (exact) mass is 973 g/mol. The summed E-state index contributed by atoms with van der Waals surface area (Å²) in [6.45, 7) is 6.08. The number of aryl methyl sites for hydroxylation is 3. The zero-order chi connectivity index (χ0) is 50.0.